The second-order valence-corrected chi connectivity index (χ2v) is 7.78. The number of halogens is 3. The summed E-state index contributed by atoms with van der Waals surface area (Å²) in [6, 6.07) is 13.9. The molecule has 0 bridgehead atoms. The summed E-state index contributed by atoms with van der Waals surface area (Å²) < 4.78 is 62.9. The zero-order valence-corrected chi connectivity index (χ0v) is 17.6. The van der Waals surface area contributed by atoms with E-state index in [4.69, 9.17) is 17.7 Å². The number of unbranched alkanes of at least 4 members (excludes halogenated alkanes) is 1. The lowest BCUT2D eigenvalue weighted by Crippen LogP contribution is -2.21. The number of methoxy groups -OCH3 is 1. The van der Waals surface area contributed by atoms with Crippen molar-refractivity contribution in [2.45, 2.75) is 24.8 Å². The van der Waals surface area contributed by atoms with Crippen molar-refractivity contribution in [2.24, 2.45) is 0 Å². The van der Waals surface area contributed by atoms with Crippen LogP contribution in [0.25, 0.3) is 10.8 Å². The molecule has 1 heterocycles. The maximum Gasteiger partial charge on any atom is 0.522 e. The highest BCUT2D eigenvalue weighted by atomic mass is 32.2. The van der Waals surface area contributed by atoms with E-state index in [1.807, 2.05) is 18.2 Å². The van der Waals surface area contributed by atoms with Crippen molar-refractivity contribution < 1.29 is 30.9 Å². The van der Waals surface area contributed by atoms with Crippen LogP contribution in [0.4, 0.5) is 13.2 Å². The third-order valence-electron chi connectivity index (χ3n) is 4.15. The maximum atomic E-state index is 11.9. The molecule has 11 heteroatoms. The number of rotatable bonds is 4. The van der Waals surface area contributed by atoms with Crippen molar-refractivity contribution >= 4 is 20.9 Å². The summed E-state index contributed by atoms with van der Waals surface area (Å²) in [4.78, 5) is 11.9. The monoisotopic (exact) mass is 468 g/mol. The van der Waals surface area contributed by atoms with Gasteiger partial charge < -0.3 is 4.74 Å². The number of fused-ring (bicyclic) bond motifs is 1. The van der Waals surface area contributed by atoms with Gasteiger partial charge in [-0.1, -0.05) is 42.2 Å². The van der Waals surface area contributed by atoms with Crippen LogP contribution in [0.1, 0.15) is 24.0 Å². The Morgan fingerprint density at radius 2 is 1.78 bits per heavy atom. The number of aromatic nitrogens is 2. The summed E-state index contributed by atoms with van der Waals surface area (Å²) in [6.07, 6.45) is 4.39. The van der Waals surface area contributed by atoms with Crippen LogP contribution in [0, 0.1) is 11.8 Å². The maximum absolute atomic E-state index is 11.9. The highest BCUT2D eigenvalue weighted by Crippen LogP contribution is 2.24. The summed E-state index contributed by atoms with van der Waals surface area (Å²) >= 11 is 0. The molecule has 170 valence electrons. The second kappa shape index (κ2) is 10.8. The van der Waals surface area contributed by atoms with Crippen LogP contribution >= 0.6 is 0 Å². The number of hydrogen-bond acceptors (Lipinski definition) is 5. The molecule has 0 amide bonds. The van der Waals surface area contributed by atoms with E-state index in [0.29, 0.717) is 22.1 Å². The molecule has 0 saturated carbocycles. The molecule has 0 unspecified atom stereocenters. The third-order valence-corrected chi connectivity index (χ3v) is 4.73. The lowest BCUT2D eigenvalue weighted by molar-refractivity contribution is -0.0510. The quantitative estimate of drug-likeness (QED) is 0.262. The Morgan fingerprint density at radius 1 is 1.12 bits per heavy atom. The van der Waals surface area contributed by atoms with Gasteiger partial charge >= 0.3 is 15.6 Å². The van der Waals surface area contributed by atoms with Crippen molar-refractivity contribution in [1.29, 1.82) is 0 Å². The Morgan fingerprint density at radius 3 is 2.38 bits per heavy atom. The van der Waals surface area contributed by atoms with Gasteiger partial charge in [-0.3, -0.25) is 9.35 Å². The molecule has 0 atom stereocenters. The molecular formula is C21H19F3N2O5S. The van der Waals surface area contributed by atoms with Gasteiger partial charge in [0.15, 0.2) is 0 Å². The van der Waals surface area contributed by atoms with Crippen LogP contribution in [0.15, 0.2) is 53.5 Å². The van der Waals surface area contributed by atoms with E-state index in [2.05, 4.69) is 34.2 Å². The highest BCUT2D eigenvalue weighted by molar-refractivity contribution is 7.86. The minimum absolute atomic E-state index is 0.220. The van der Waals surface area contributed by atoms with E-state index in [1.54, 1.807) is 25.4 Å². The second-order valence-electron chi connectivity index (χ2n) is 6.36. The fraction of sp³-hybridized carbons (Fsp3) is 0.238. The van der Waals surface area contributed by atoms with Gasteiger partial charge in [0.2, 0.25) is 0 Å². The number of aromatic amines is 1. The number of hydrogen-bond donors (Lipinski definition) is 2. The number of nitrogens with zero attached hydrogens (tertiary/aromatic N) is 1. The van der Waals surface area contributed by atoms with Crippen molar-refractivity contribution in [3.63, 3.8) is 0 Å². The van der Waals surface area contributed by atoms with Crippen molar-refractivity contribution in [2.75, 3.05) is 7.11 Å². The van der Waals surface area contributed by atoms with E-state index < -0.39 is 15.6 Å². The standard InChI is InChI=1S/C20H18N2O2.CHF3O3S/c1-24-19-13-12-17-18(14-21-22-20(17)23)16(19)11-7-3-6-10-15-8-4-2-5-9-15;2-1(3,4)8(5,6)7/h2,4-5,8-9,12-14H,3,6,10H2,1H3,(H,22,23);(H,5,6,7). The smallest absolute Gasteiger partial charge is 0.495 e. The summed E-state index contributed by atoms with van der Waals surface area (Å²) in [5.41, 5.74) is -3.72. The van der Waals surface area contributed by atoms with Crippen LogP contribution in [0.3, 0.4) is 0 Å². The first-order chi connectivity index (χ1) is 15.0. The average Bonchev–Trinajstić information content (AvgIpc) is 2.73. The molecule has 7 nitrogen and oxygen atoms in total. The average molecular weight is 468 g/mol. The fourth-order valence-electron chi connectivity index (χ4n) is 2.62. The number of H-pyrrole nitrogens is 1. The molecule has 3 aromatic rings. The van der Waals surface area contributed by atoms with E-state index in [9.17, 15) is 18.0 Å². The summed E-state index contributed by atoms with van der Waals surface area (Å²) in [7, 11) is -4.24. The van der Waals surface area contributed by atoms with Crippen LogP contribution < -0.4 is 10.3 Å². The van der Waals surface area contributed by atoms with Crippen molar-refractivity contribution in [1.82, 2.24) is 10.2 Å². The Labute approximate surface area is 182 Å². The van der Waals surface area contributed by atoms with E-state index in [1.165, 1.54) is 5.56 Å². The van der Waals surface area contributed by atoms with Crippen LogP contribution in [0.5, 0.6) is 5.75 Å². The van der Waals surface area contributed by atoms with Gasteiger partial charge in [-0.15, -0.1) is 0 Å². The van der Waals surface area contributed by atoms with Crippen molar-refractivity contribution in [3.8, 4) is 17.6 Å². The van der Waals surface area contributed by atoms with E-state index in [-0.39, 0.29) is 5.56 Å². The zero-order valence-electron chi connectivity index (χ0n) is 16.8. The number of nitrogens with one attached hydrogen (secondary N) is 1. The first-order valence-electron chi connectivity index (χ1n) is 9.15. The van der Waals surface area contributed by atoms with Crippen molar-refractivity contribution in [3.05, 3.63) is 70.1 Å². The first-order valence-corrected chi connectivity index (χ1v) is 10.6. The molecule has 2 aromatic carbocycles. The van der Waals surface area contributed by atoms with Gasteiger partial charge in [0.05, 0.1) is 24.3 Å². The Bertz CT molecular complexity index is 1280. The third kappa shape index (κ3) is 6.83. The minimum Gasteiger partial charge on any atom is -0.495 e. The van der Waals surface area contributed by atoms with E-state index in [0.717, 1.165) is 19.3 Å². The Balaban J connectivity index is 0.000000390. The molecule has 0 aliphatic carbocycles. The predicted octanol–water partition coefficient (Wildman–Crippen LogP) is 3.70. The molecule has 0 saturated heterocycles. The molecule has 0 aliphatic rings. The largest absolute Gasteiger partial charge is 0.522 e. The number of benzene rings is 2. The van der Waals surface area contributed by atoms with Crippen LogP contribution in [0.2, 0.25) is 0 Å². The first kappa shape index (κ1) is 24.9. The van der Waals surface area contributed by atoms with Crippen LogP contribution in [-0.2, 0) is 16.5 Å². The summed E-state index contributed by atoms with van der Waals surface area (Å²) in [6.45, 7) is 0. The highest BCUT2D eigenvalue weighted by Gasteiger charge is 2.44. The minimum atomic E-state index is -5.84. The molecule has 0 radical (unpaired) electrons. The van der Waals surface area contributed by atoms with Gasteiger partial charge in [0.25, 0.3) is 5.56 Å². The fourth-order valence-corrected chi connectivity index (χ4v) is 2.62. The van der Waals surface area contributed by atoms with Gasteiger partial charge in [0.1, 0.15) is 5.75 Å². The molecule has 2 N–H and O–H groups in total. The van der Waals surface area contributed by atoms with Gasteiger partial charge in [-0.25, -0.2) is 5.10 Å². The Kier molecular flexibility index (Phi) is 8.40. The molecule has 32 heavy (non-hydrogen) atoms. The van der Waals surface area contributed by atoms with Gasteiger partial charge in [0, 0.05) is 11.8 Å². The van der Waals surface area contributed by atoms with Gasteiger partial charge in [-0.2, -0.15) is 26.7 Å². The number of alkyl halides is 3. The van der Waals surface area contributed by atoms with E-state index >= 15 is 0 Å². The normalized spacial score (nSPS) is 11.2. The topological polar surface area (TPSA) is 109 Å². The molecule has 0 fully saturated rings. The summed E-state index contributed by atoms with van der Waals surface area (Å²) in [5, 5.41) is 7.60. The molecular weight excluding hydrogens is 449 g/mol. The van der Waals surface area contributed by atoms with Crippen LogP contribution in [-0.4, -0.2) is 35.8 Å². The molecule has 0 aliphatic heterocycles. The molecule has 1 aromatic heterocycles. The van der Waals surface area contributed by atoms with Gasteiger partial charge in [-0.05, 0) is 30.5 Å². The molecule has 3 rings (SSSR count). The Hall–Kier alpha value is -3.36. The number of aryl methyl sites for hydroxylation is 1. The number of ether oxygens (including phenoxy) is 1. The lowest BCUT2D eigenvalue weighted by atomic mass is 10.1. The molecule has 0 spiro atoms. The predicted molar refractivity (Wildman–Crippen MR) is 113 cm³/mol. The lowest BCUT2D eigenvalue weighted by Gasteiger charge is -2.06. The SMILES string of the molecule is COc1ccc2c(=O)[nH]ncc2c1C#CCCCc1ccccc1.O=S(=O)(O)C(F)(F)F. The zero-order chi connectivity index (χ0) is 23.8. The summed E-state index contributed by atoms with van der Waals surface area (Å²) in [5.74, 6) is 7.00.